The maximum absolute atomic E-state index is 14.3. The molecule has 0 bridgehead atoms. The first-order chi connectivity index (χ1) is 29.8. The lowest BCUT2D eigenvalue weighted by Crippen LogP contribution is -2.50. The Kier molecular flexibility index (Phi) is 14.4. The molecule has 0 unspecified atom stereocenters. The Hall–Kier alpha value is -5.58. The molecule has 2 saturated carbocycles. The van der Waals surface area contributed by atoms with E-state index < -0.39 is 29.6 Å². The number of amides is 4. The first-order valence-electron chi connectivity index (χ1n) is 21.9. The highest BCUT2D eigenvalue weighted by atomic mass is 16.6. The number of carbonyl (C=O) groups is 4. The van der Waals surface area contributed by atoms with Gasteiger partial charge < -0.3 is 25.8 Å². The fraction of sp³-hybridized carbons (Fsp3) is 0.522. The number of nitrogens with two attached hydrogens (primary N) is 1. The number of aryl methyl sites for hydroxylation is 1. The van der Waals surface area contributed by atoms with Crippen LogP contribution < -0.4 is 21.3 Å². The summed E-state index contributed by atoms with van der Waals surface area (Å²) in [5, 5.41) is 20.0. The zero-order valence-corrected chi connectivity index (χ0v) is 36.3. The number of morpholine rings is 1. The number of aromatic nitrogens is 5. The summed E-state index contributed by atoms with van der Waals surface area (Å²) in [4.78, 5) is 62.3. The number of rotatable bonds is 12. The van der Waals surface area contributed by atoms with Crippen molar-refractivity contribution in [2.75, 3.05) is 37.7 Å². The third-order valence-corrected chi connectivity index (χ3v) is 12.3. The molecular formula is C46H60N10O6. The molecule has 62 heavy (non-hydrogen) atoms. The molecule has 3 fully saturated rings. The van der Waals surface area contributed by atoms with Crippen LogP contribution in [0.15, 0.2) is 60.8 Å². The van der Waals surface area contributed by atoms with Gasteiger partial charge in [0.2, 0.25) is 5.91 Å². The van der Waals surface area contributed by atoms with E-state index >= 15 is 0 Å². The van der Waals surface area contributed by atoms with Gasteiger partial charge in [-0.25, -0.2) is 14.8 Å². The van der Waals surface area contributed by atoms with Crippen molar-refractivity contribution in [1.29, 1.82) is 0 Å². The normalized spacial score (nSPS) is 21.4. The van der Waals surface area contributed by atoms with E-state index in [-0.39, 0.29) is 30.2 Å². The second-order valence-electron chi connectivity index (χ2n) is 17.9. The Labute approximate surface area is 363 Å². The predicted molar refractivity (Wildman–Crippen MR) is 234 cm³/mol. The van der Waals surface area contributed by atoms with Crippen LogP contribution in [0, 0.1) is 18.8 Å². The fourth-order valence-corrected chi connectivity index (χ4v) is 8.85. The van der Waals surface area contributed by atoms with Crippen LogP contribution in [0.1, 0.15) is 93.8 Å². The van der Waals surface area contributed by atoms with Crippen LogP contribution in [0.2, 0.25) is 0 Å². The maximum atomic E-state index is 14.3. The number of imide groups is 1. The van der Waals surface area contributed by atoms with E-state index in [1.165, 1.54) is 4.90 Å². The lowest BCUT2D eigenvalue weighted by molar-refractivity contribution is -0.130. The zero-order valence-electron chi connectivity index (χ0n) is 36.3. The number of tetrazole rings is 1. The van der Waals surface area contributed by atoms with Gasteiger partial charge in [0.25, 0.3) is 11.8 Å². The standard InChI is InChI=1S/C46H60N10O6/c1-29-25-40(42(57)50-35-15-19-36(20-16-35)55-21-23-61-24-22-55)48-28-38(29)32-9-5-30(6-10-32)26-39(47)44(59)56(37-17-13-33(14-18-37)41-51-53-54-52-41)43(58)34-11-7-31(8-12-34)27-49-45(60)62-46(2,3)4/h5-6,9-10,13-14,17-18,25,28,31,34-36,39H,7-8,11-12,15-16,19-24,26-27,47H2,1-4H3,(H,49,60)(H,50,57)(H,51,52,53,54)/t31-,34-,35-,36-,39-/m0/s1. The monoisotopic (exact) mass is 848 g/mol. The summed E-state index contributed by atoms with van der Waals surface area (Å²) in [7, 11) is 0. The molecule has 2 aliphatic carbocycles. The predicted octanol–water partition coefficient (Wildman–Crippen LogP) is 5.37. The molecule has 0 spiro atoms. The summed E-state index contributed by atoms with van der Waals surface area (Å²) in [6, 6.07) is 16.2. The summed E-state index contributed by atoms with van der Waals surface area (Å²) in [6.45, 7) is 11.4. The number of benzene rings is 2. The van der Waals surface area contributed by atoms with Crippen molar-refractivity contribution in [2.24, 2.45) is 17.6 Å². The third kappa shape index (κ3) is 11.5. The second kappa shape index (κ2) is 20.1. The Bertz CT molecular complexity index is 2140. The van der Waals surface area contributed by atoms with Gasteiger partial charge >= 0.3 is 6.09 Å². The summed E-state index contributed by atoms with van der Waals surface area (Å²) in [5.74, 6) is -0.700. The van der Waals surface area contributed by atoms with E-state index in [1.807, 2.05) is 58.0 Å². The molecule has 1 aliphatic heterocycles. The number of anilines is 1. The highest BCUT2D eigenvalue weighted by molar-refractivity contribution is 6.17. The van der Waals surface area contributed by atoms with Gasteiger partial charge in [-0.05, 0) is 149 Å². The molecule has 3 aliphatic rings. The Morgan fingerprint density at radius 3 is 2.24 bits per heavy atom. The van der Waals surface area contributed by atoms with Gasteiger partial charge in [0.1, 0.15) is 11.3 Å². The molecule has 16 nitrogen and oxygen atoms in total. The van der Waals surface area contributed by atoms with Gasteiger partial charge in [0.15, 0.2) is 5.82 Å². The Balaban J connectivity index is 0.966. The lowest BCUT2D eigenvalue weighted by Gasteiger charge is -2.38. The minimum atomic E-state index is -1.01. The second-order valence-corrected chi connectivity index (χ2v) is 17.9. The molecule has 0 radical (unpaired) electrons. The van der Waals surface area contributed by atoms with Crippen molar-refractivity contribution in [2.45, 2.75) is 109 Å². The smallest absolute Gasteiger partial charge is 0.407 e. The zero-order chi connectivity index (χ0) is 43.8. The highest BCUT2D eigenvalue weighted by Gasteiger charge is 2.36. The van der Waals surface area contributed by atoms with Crippen molar-refractivity contribution in [3.63, 3.8) is 0 Å². The maximum Gasteiger partial charge on any atom is 0.407 e. The van der Waals surface area contributed by atoms with Crippen LogP contribution in [0.3, 0.4) is 0 Å². The molecule has 1 saturated heterocycles. The number of hydrogen-bond donors (Lipinski definition) is 4. The first kappa shape index (κ1) is 44.5. The van der Waals surface area contributed by atoms with Crippen LogP contribution in [0.4, 0.5) is 10.5 Å². The SMILES string of the molecule is Cc1cc(C(=O)N[C@H]2CC[C@H](N3CCOCC3)CC2)ncc1-c1ccc(C[C@H](N)C(=O)N(c2ccc(-c3nnn[nH]3)cc2)C(=O)[C@H]2CC[C@H](CNC(=O)OC(C)(C)C)CC2)cc1. The van der Waals surface area contributed by atoms with E-state index in [4.69, 9.17) is 15.2 Å². The molecule has 330 valence electrons. The van der Waals surface area contributed by atoms with Gasteiger partial charge in [-0.3, -0.25) is 24.3 Å². The minimum Gasteiger partial charge on any atom is -0.444 e. The number of pyridine rings is 1. The first-order valence-corrected chi connectivity index (χ1v) is 21.9. The van der Waals surface area contributed by atoms with Crippen LogP contribution >= 0.6 is 0 Å². The minimum absolute atomic E-state index is 0.141. The number of hydrogen-bond acceptors (Lipinski definition) is 12. The van der Waals surface area contributed by atoms with E-state index in [0.717, 1.165) is 74.2 Å². The Morgan fingerprint density at radius 2 is 1.61 bits per heavy atom. The molecule has 1 atom stereocenters. The molecule has 2 aromatic carbocycles. The van der Waals surface area contributed by atoms with Gasteiger partial charge in [0.05, 0.1) is 24.9 Å². The molecule has 16 heteroatoms. The van der Waals surface area contributed by atoms with Gasteiger partial charge in [-0.1, -0.05) is 24.3 Å². The number of carbonyl (C=O) groups excluding carboxylic acids is 4. The van der Waals surface area contributed by atoms with Gasteiger partial charge in [-0.15, -0.1) is 5.10 Å². The van der Waals surface area contributed by atoms with E-state index in [1.54, 1.807) is 30.5 Å². The number of ether oxygens (including phenoxy) is 2. The average molecular weight is 849 g/mol. The summed E-state index contributed by atoms with van der Waals surface area (Å²) >= 11 is 0. The number of nitrogens with one attached hydrogen (secondary N) is 3. The van der Waals surface area contributed by atoms with Crippen molar-refractivity contribution in [3.05, 3.63) is 77.6 Å². The summed E-state index contributed by atoms with van der Waals surface area (Å²) in [6.07, 6.45) is 8.09. The van der Waals surface area contributed by atoms with Crippen LogP contribution in [-0.2, 0) is 25.5 Å². The average Bonchev–Trinajstić information content (AvgIpc) is 3.82. The van der Waals surface area contributed by atoms with Crippen LogP contribution in [0.25, 0.3) is 22.5 Å². The molecule has 7 rings (SSSR count). The highest BCUT2D eigenvalue weighted by Crippen LogP contribution is 2.33. The molecular weight excluding hydrogens is 789 g/mol. The van der Waals surface area contributed by atoms with Gasteiger partial charge in [0, 0.05) is 55.0 Å². The van der Waals surface area contributed by atoms with E-state index in [0.29, 0.717) is 61.0 Å². The fourth-order valence-electron chi connectivity index (χ4n) is 8.85. The molecule has 2 aromatic heterocycles. The van der Waals surface area contributed by atoms with Crippen LogP contribution in [0.5, 0.6) is 0 Å². The van der Waals surface area contributed by atoms with Gasteiger partial charge in [-0.2, -0.15) is 0 Å². The lowest BCUT2D eigenvalue weighted by atomic mass is 9.81. The van der Waals surface area contributed by atoms with Crippen molar-refractivity contribution < 1.29 is 28.7 Å². The number of nitrogens with zero attached hydrogens (tertiary/aromatic N) is 6. The third-order valence-electron chi connectivity index (χ3n) is 12.3. The number of aromatic amines is 1. The largest absolute Gasteiger partial charge is 0.444 e. The Morgan fingerprint density at radius 1 is 0.935 bits per heavy atom. The molecule has 4 aromatic rings. The molecule has 5 N–H and O–H groups in total. The van der Waals surface area contributed by atoms with E-state index in [9.17, 15) is 19.2 Å². The summed E-state index contributed by atoms with van der Waals surface area (Å²) in [5.41, 5.74) is 11.1. The summed E-state index contributed by atoms with van der Waals surface area (Å²) < 4.78 is 10.9. The molecule has 3 heterocycles. The number of H-pyrrole nitrogens is 1. The van der Waals surface area contributed by atoms with Crippen molar-refractivity contribution in [1.82, 2.24) is 41.1 Å². The molecule has 4 amide bonds. The topological polar surface area (TPSA) is 211 Å². The van der Waals surface area contributed by atoms with Crippen molar-refractivity contribution in [3.8, 4) is 22.5 Å². The quantitative estimate of drug-likeness (QED) is 0.142. The van der Waals surface area contributed by atoms with E-state index in [2.05, 4.69) is 41.1 Å². The van der Waals surface area contributed by atoms with Crippen molar-refractivity contribution >= 4 is 29.5 Å². The number of alkyl carbamates (subject to hydrolysis) is 1. The van der Waals surface area contributed by atoms with Crippen LogP contribution in [-0.4, -0.2) is 111 Å².